The molecule has 2 aromatic heterocycles. The minimum atomic E-state index is -0.235. The number of hydrogen-bond acceptors (Lipinski definition) is 5. The van der Waals surface area contributed by atoms with Crippen LogP contribution in [-0.2, 0) is 6.54 Å². The van der Waals surface area contributed by atoms with Gasteiger partial charge in [-0.05, 0) is 64.4 Å². The quantitative estimate of drug-likeness (QED) is 0.469. The summed E-state index contributed by atoms with van der Waals surface area (Å²) in [4.78, 5) is 2.51. The summed E-state index contributed by atoms with van der Waals surface area (Å²) in [6.07, 6.45) is 3.35. The minimum absolute atomic E-state index is 0.235. The van der Waals surface area contributed by atoms with Crippen LogP contribution in [0.15, 0.2) is 54.7 Å². The smallest absolute Gasteiger partial charge is 0.203 e. The largest absolute Gasteiger partial charge is 0.371 e. The first-order chi connectivity index (χ1) is 15.7. The Morgan fingerprint density at radius 2 is 1.88 bits per heavy atom. The topological polar surface area (TPSA) is 63.8 Å². The van der Waals surface area contributed by atoms with E-state index in [0.29, 0.717) is 17.8 Å². The van der Waals surface area contributed by atoms with Crippen molar-refractivity contribution < 1.29 is 4.39 Å². The molecule has 2 saturated heterocycles. The fourth-order valence-corrected chi connectivity index (χ4v) is 5.35. The van der Waals surface area contributed by atoms with Gasteiger partial charge in [0.2, 0.25) is 5.82 Å². The van der Waals surface area contributed by atoms with Crippen LogP contribution >= 0.6 is 0 Å². The Morgan fingerprint density at radius 1 is 1.00 bits per heavy atom. The molecule has 0 saturated carbocycles. The Hall–Kier alpha value is -3.52. The average molecular weight is 427 g/mol. The standard InChI is InChI=1S/C24H22FN7/c25-19-3-1-16(2-4-19)17-10-22-23-27-28-29-32(23)21-6-5-20(9-18(21)12-31(22)11-17)30-8-7-24(15-30)13-26-14-24/h1-6,9-11,26H,7-8,12-15H2. The molecule has 2 fully saturated rings. The summed E-state index contributed by atoms with van der Waals surface area (Å²) in [6.45, 7) is 5.17. The molecule has 2 aromatic carbocycles. The zero-order valence-electron chi connectivity index (χ0n) is 17.5. The Morgan fingerprint density at radius 3 is 2.66 bits per heavy atom. The summed E-state index contributed by atoms with van der Waals surface area (Å²) in [6, 6.07) is 15.3. The van der Waals surface area contributed by atoms with Crippen LogP contribution in [0.3, 0.4) is 0 Å². The van der Waals surface area contributed by atoms with Gasteiger partial charge in [0, 0.05) is 55.6 Å². The number of anilines is 1. The number of tetrazole rings is 1. The number of nitrogens with one attached hydrogen (secondary N) is 1. The van der Waals surface area contributed by atoms with Crippen molar-refractivity contribution in [1.29, 1.82) is 0 Å². The van der Waals surface area contributed by atoms with E-state index >= 15 is 0 Å². The maximum atomic E-state index is 13.4. The molecule has 32 heavy (non-hydrogen) atoms. The molecule has 7 rings (SSSR count). The van der Waals surface area contributed by atoms with Crippen molar-refractivity contribution in [2.45, 2.75) is 13.0 Å². The zero-order chi connectivity index (χ0) is 21.3. The van der Waals surface area contributed by atoms with Crippen LogP contribution in [-0.4, -0.2) is 51.0 Å². The fraction of sp³-hybridized carbons (Fsp3) is 0.292. The number of hydrogen-bond donors (Lipinski definition) is 1. The van der Waals surface area contributed by atoms with Crippen molar-refractivity contribution in [3.8, 4) is 28.3 Å². The fourth-order valence-electron chi connectivity index (χ4n) is 5.35. The summed E-state index contributed by atoms with van der Waals surface area (Å²) in [5.74, 6) is 0.479. The van der Waals surface area contributed by atoms with E-state index in [1.54, 1.807) is 12.1 Å². The molecule has 1 N–H and O–H groups in total. The molecule has 1 spiro atoms. The lowest BCUT2D eigenvalue weighted by Crippen LogP contribution is -2.54. The third-order valence-corrected chi connectivity index (χ3v) is 7.21. The van der Waals surface area contributed by atoms with E-state index in [0.717, 1.165) is 48.7 Å². The molecule has 0 radical (unpaired) electrons. The molecule has 0 unspecified atom stereocenters. The summed E-state index contributed by atoms with van der Waals surface area (Å²) in [5.41, 5.74) is 6.85. The number of rotatable bonds is 2. The maximum Gasteiger partial charge on any atom is 0.203 e. The van der Waals surface area contributed by atoms with Crippen LogP contribution in [0.5, 0.6) is 0 Å². The van der Waals surface area contributed by atoms with Gasteiger partial charge in [0.25, 0.3) is 0 Å². The summed E-state index contributed by atoms with van der Waals surface area (Å²) in [5, 5.41) is 16.0. The highest BCUT2D eigenvalue weighted by Crippen LogP contribution is 2.39. The highest BCUT2D eigenvalue weighted by molar-refractivity contribution is 5.71. The van der Waals surface area contributed by atoms with Crippen molar-refractivity contribution in [2.24, 2.45) is 5.41 Å². The lowest BCUT2D eigenvalue weighted by atomic mass is 9.81. The van der Waals surface area contributed by atoms with Crippen LogP contribution < -0.4 is 10.2 Å². The molecule has 8 heteroatoms. The van der Waals surface area contributed by atoms with E-state index in [1.165, 1.54) is 29.8 Å². The highest BCUT2D eigenvalue weighted by Gasteiger charge is 2.43. The summed E-state index contributed by atoms with van der Waals surface area (Å²) < 4.78 is 17.4. The first-order valence-corrected chi connectivity index (χ1v) is 11.0. The van der Waals surface area contributed by atoms with E-state index in [2.05, 4.69) is 60.8 Å². The van der Waals surface area contributed by atoms with Gasteiger partial charge in [-0.1, -0.05) is 12.1 Å². The molecular weight excluding hydrogens is 405 g/mol. The second kappa shape index (κ2) is 6.49. The second-order valence-corrected chi connectivity index (χ2v) is 9.25. The first-order valence-electron chi connectivity index (χ1n) is 11.0. The molecule has 0 amide bonds. The van der Waals surface area contributed by atoms with Gasteiger partial charge >= 0.3 is 0 Å². The van der Waals surface area contributed by atoms with Gasteiger partial charge < -0.3 is 14.8 Å². The van der Waals surface area contributed by atoms with Crippen LogP contribution in [0.4, 0.5) is 10.1 Å². The highest BCUT2D eigenvalue weighted by atomic mass is 19.1. The first kappa shape index (κ1) is 18.1. The molecule has 4 aromatic rings. The SMILES string of the molecule is Fc1ccc(-c2cc3n(c2)Cc2cc(N4CCC5(CNC5)C4)ccc2-n2nnnc2-3)cc1. The Labute approximate surface area is 184 Å². The third-order valence-electron chi connectivity index (χ3n) is 7.21. The lowest BCUT2D eigenvalue weighted by molar-refractivity contribution is 0.200. The van der Waals surface area contributed by atoms with E-state index in [9.17, 15) is 4.39 Å². The van der Waals surface area contributed by atoms with Gasteiger partial charge in [-0.15, -0.1) is 5.10 Å². The van der Waals surface area contributed by atoms with Crippen molar-refractivity contribution >= 4 is 5.69 Å². The average Bonchev–Trinajstić information content (AvgIpc) is 3.51. The van der Waals surface area contributed by atoms with E-state index in [-0.39, 0.29) is 5.82 Å². The third kappa shape index (κ3) is 2.65. The number of benzene rings is 2. The maximum absolute atomic E-state index is 13.4. The van der Waals surface area contributed by atoms with Crippen molar-refractivity contribution in [1.82, 2.24) is 30.1 Å². The van der Waals surface area contributed by atoms with Crippen LogP contribution in [0.2, 0.25) is 0 Å². The Bertz CT molecular complexity index is 1330. The normalized spacial score (nSPS) is 18.1. The lowest BCUT2D eigenvalue weighted by Gasteiger charge is -2.39. The summed E-state index contributed by atoms with van der Waals surface area (Å²) >= 11 is 0. The number of nitrogens with zero attached hydrogens (tertiary/aromatic N) is 6. The Kier molecular flexibility index (Phi) is 3.67. The van der Waals surface area contributed by atoms with Gasteiger partial charge in [-0.3, -0.25) is 0 Å². The Balaban J connectivity index is 1.30. The van der Waals surface area contributed by atoms with Gasteiger partial charge in [0.15, 0.2) is 0 Å². The molecule has 3 aliphatic heterocycles. The van der Waals surface area contributed by atoms with Crippen molar-refractivity contribution in [2.75, 3.05) is 31.1 Å². The number of halogens is 1. The second-order valence-electron chi connectivity index (χ2n) is 9.25. The molecule has 0 bridgehead atoms. The molecule has 5 heterocycles. The number of aromatic nitrogens is 5. The molecular formula is C24H22FN7. The van der Waals surface area contributed by atoms with E-state index < -0.39 is 0 Å². The van der Waals surface area contributed by atoms with Gasteiger partial charge in [0.1, 0.15) is 5.82 Å². The van der Waals surface area contributed by atoms with Crippen molar-refractivity contribution in [3.63, 3.8) is 0 Å². The van der Waals surface area contributed by atoms with Crippen LogP contribution in [0.1, 0.15) is 12.0 Å². The van der Waals surface area contributed by atoms with Gasteiger partial charge in [0.05, 0.1) is 11.4 Å². The molecule has 3 aliphatic rings. The predicted octanol–water partition coefficient (Wildman–Crippen LogP) is 3.10. The van der Waals surface area contributed by atoms with Crippen LogP contribution in [0, 0.1) is 11.2 Å². The molecule has 7 nitrogen and oxygen atoms in total. The number of fused-ring (bicyclic) bond motifs is 5. The van der Waals surface area contributed by atoms with Gasteiger partial charge in [-0.25, -0.2) is 4.39 Å². The van der Waals surface area contributed by atoms with Crippen molar-refractivity contribution in [3.05, 3.63) is 66.1 Å². The van der Waals surface area contributed by atoms with Gasteiger partial charge in [-0.2, -0.15) is 4.68 Å². The predicted molar refractivity (Wildman–Crippen MR) is 119 cm³/mol. The molecule has 0 aliphatic carbocycles. The van der Waals surface area contributed by atoms with E-state index in [1.807, 2.05) is 4.68 Å². The molecule has 160 valence electrons. The van der Waals surface area contributed by atoms with Crippen LogP contribution in [0.25, 0.3) is 28.3 Å². The molecule has 0 atom stereocenters. The summed E-state index contributed by atoms with van der Waals surface area (Å²) in [7, 11) is 0. The zero-order valence-corrected chi connectivity index (χ0v) is 17.5. The van der Waals surface area contributed by atoms with E-state index in [4.69, 9.17) is 0 Å². The minimum Gasteiger partial charge on any atom is -0.371 e. The monoisotopic (exact) mass is 427 g/mol.